The number of carbonyl (C=O) groups excluding carboxylic acids is 1. The molecule has 2 heterocycles. The molecule has 0 unspecified atom stereocenters. The third kappa shape index (κ3) is 2.80. The van der Waals surface area contributed by atoms with Crippen molar-refractivity contribution in [1.29, 1.82) is 0 Å². The summed E-state index contributed by atoms with van der Waals surface area (Å²) in [4.78, 5) is 15.8. The standard InChI is InChI=1S/C17H14BrN3O/c1-11-2-4-12(5-3-11)17-14(7-8-15(19)22)21-10-13(18)6-9-16(21)20-17/h2-10H,1H3,(H2,19,22)/b8-7-. The van der Waals surface area contributed by atoms with Crippen molar-refractivity contribution in [1.82, 2.24) is 9.38 Å². The Morgan fingerprint density at radius 1 is 1.23 bits per heavy atom. The Morgan fingerprint density at radius 2 is 1.95 bits per heavy atom. The molecule has 5 heteroatoms. The molecule has 0 spiro atoms. The number of imidazole rings is 1. The number of aromatic nitrogens is 2. The molecular formula is C17H14BrN3O. The molecule has 0 fully saturated rings. The van der Waals surface area contributed by atoms with Crippen LogP contribution in [0, 0.1) is 6.92 Å². The molecule has 0 saturated heterocycles. The number of pyridine rings is 1. The lowest BCUT2D eigenvalue weighted by Gasteiger charge is -2.02. The van der Waals surface area contributed by atoms with Crippen molar-refractivity contribution in [3.8, 4) is 11.3 Å². The third-order valence-electron chi connectivity index (χ3n) is 3.35. The van der Waals surface area contributed by atoms with Crippen LogP contribution in [0.25, 0.3) is 23.0 Å². The number of benzene rings is 1. The maximum atomic E-state index is 11.1. The topological polar surface area (TPSA) is 60.4 Å². The molecule has 110 valence electrons. The maximum absolute atomic E-state index is 11.1. The van der Waals surface area contributed by atoms with Gasteiger partial charge in [-0.25, -0.2) is 4.98 Å². The number of amides is 1. The second kappa shape index (κ2) is 5.77. The van der Waals surface area contributed by atoms with Gasteiger partial charge in [0.2, 0.25) is 5.91 Å². The van der Waals surface area contributed by atoms with Crippen molar-refractivity contribution in [3.05, 3.63) is 64.4 Å². The predicted molar refractivity (Wildman–Crippen MR) is 91.3 cm³/mol. The van der Waals surface area contributed by atoms with E-state index in [1.54, 1.807) is 6.08 Å². The molecule has 1 amide bonds. The summed E-state index contributed by atoms with van der Waals surface area (Å²) in [6.45, 7) is 2.04. The number of carbonyl (C=O) groups is 1. The Kier molecular flexibility index (Phi) is 3.81. The van der Waals surface area contributed by atoms with Crippen LogP contribution in [0.15, 0.2) is 53.1 Å². The minimum Gasteiger partial charge on any atom is -0.366 e. The predicted octanol–water partition coefficient (Wildman–Crippen LogP) is 3.57. The first-order valence-electron chi connectivity index (χ1n) is 6.77. The van der Waals surface area contributed by atoms with Crippen LogP contribution in [0.2, 0.25) is 0 Å². The van der Waals surface area contributed by atoms with Crippen LogP contribution in [-0.2, 0) is 4.79 Å². The van der Waals surface area contributed by atoms with Gasteiger partial charge in [0.15, 0.2) is 0 Å². The summed E-state index contributed by atoms with van der Waals surface area (Å²) < 4.78 is 2.86. The normalized spacial score (nSPS) is 11.4. The van der Waals surface area contributed by atoms with E-state index < -0.39 is 5.91 Å². The van der Waals surface area contributed by atoms with Crippen molar-refractivity contribution in [2.24, 2.45) is 5.73 Å². The summed E-state index contributed by atoms with van der Waals surface area (Å²) >= 11 is 3.46. The highest BCUT2D eigenvalue weighted by molar-refractivity contribution is 9.10. The molecular weight excluding hydrogens is 342 g/mol. The van der Waals surface area contributed by atoms with E-state index in [1.165, 1.54) is 11.6 Å². The third-order valence-corrected chi connectivity index (χ3v) is 3.82. The molecule has 3 aromatic rings. The molecule has 0 radical (unpaired) electrons. The maximum Gasteiger partial charge on any atom is 0.241 e. The average Bonchev–Trinajstić information content (AvgIpc) is 2.83. The summed E-state index contributed by atoms with van der Waals surface area (Å²) in [5.41, 5.74) is 9.85. The van der Waals surface area contributed by atoms with E-state index >= 15 is 0 Å². The van der Waals surface area contributed by atoms with E-state index in [4.69, 9.17) is 5.73 Å². The molecule has 4 nitrogen and oxygen atoms in total. The number of halogens is 1. The minimum atomic E-state index is -0.486. The van der Waals surface area contributed by atoms with Gasteiger partial charge in [0.25, 0.3) is 0 Å². The van der Waals surface area contributed by atoms with E-state index in [0.717, 1.165) is 27.1 Å². The Balaban J connectivity index is 2.26. The van der Waals surface area contributed by atoms with E-state index in [1.807, 2.05) is 53.9 Å². The van der Waals surface area contributed by atoms with Gasteiger partial charge in [-0.3, -0.25) is 9.20 Å². The Bertz CT molecular complexity index is 879. The highest BCUT2D eigenvalue weighted by Crippen LogP contribution is 2.27. The molecule has 0 aliphatic heterocycles. The summed E-state index contributed by atoms with van der Waals surface area (Å²) in [7, 11) is 0. The van der Waals surface area contributed by atoms with Gasteiger partial charge < -0.3 is 5.73 Å². The van der Waals surface area contributed by atoms with Gasteiger partial charge >= 0.3 is 0 Å². The fraction of sp³-hybridized carbons (Fsp3) is 0.0588. The zero-order chi connectivity index (χ0) is 15.7. The van der Waals surface area contributed by atoms with Crippen molar-refractivity contribution >= 4 is 33.6 Å². The number of fused-ring (bicyclic) bond motifs is 1. The first kappa shape index (κ1) is 14.5. The smallest absolute Gasteiger partial charge is 0.241 e. The van der Waals surface area contributed by atoms with Gasteiger partial charge in [-0.05, 0) is 41.1 Å². The fourth-order valence-electron chi connectivity index (χ4n) is 2.28. The molecule has 0 atom stereocenters. The Labute approximate surface area is 136 Å². The summed E-state index contributed by atoms with van der Waals surface area (Å²) in [5.74, 6) is -0.486. The zero-order valence-corrected chi connectivity index (χ0v) is 13.5. The molecule has 3 rings (SSSR count). The Hall–Kier alpha value is -2.40. The summed E-state index contributed by atoms with van der Waals surface area (Å²) in [6, 6.07) is 12.0. The number of hydrogen-bond acceptors (Lipinski definition) is 2. The quantitative estimate of drug-likeness (QED) is 0.730. The van der Waals surface area contributed by atoms with Crippen molar-refractivity contribution in [2.45, 2.75) is 6.92 Å². The van der Waals surface area contributed by atoms with Crippen LogP contribution >= 0.6 is 15.9 Å². The van der Waals surface area contributed by atoms with E-state index in [-0.39, 0.29) is 0 Å². The van der Waals surface area contributed by atoms with Crippen LogP contribution in [0.4, 0.5) is 0 Å². The highest BCUT2D eigenvalue weighted by Gasteiger charge is 2.12. The molecule has 2 N–H and O–H groups in total. The average molecular weight is 356 g/mol. The lowest BCUT2D eigenvalue weighted by Crippen LogP contribution is -2.05. The van der Waals surface area contributed by atoms with Crippen LogP contribution in [-0.4, -0.2) is 15.3 Å². The molecule has 1 aromatic carbocycles. The highest BCUT2D eigenvalue weighted by atomic mass is 79.9. The van der Waals surface area contributed by atoms with Gasteiger partial charge in [-0.15, -0.1) is 0 Å². The van der Waals surface area contributed by atoms with Gasteiger partial charge in [0.05, 0.1) is 11.4 Å². The lowest BCUT2D eigenvalue weighted by atomic mass is 10.1. The van der Waals surface area contributed by atoms with Crippen molar-refractivity contribution < 1.29 is 4.79 Å². The van der Waals surface area contributed by atoms with Gasteiger partial charge in [0.1, 0.15) is 5.65 Å². The minimum absolute atomic E-state index is 0.486. The second-order valence-corrected chi connectivity index (χ2v) is 5.94. The van der Waals surface area contributed by atoms with Crippen LogP contribution in [0.5, 0.6) is 0 Å². The van der Waals surface area contributed by atoms with E-state index in [2.05, 4.69) is 20.9 Å². The van der Waals surface area contributed by atoms with Gasteiger partial charge in [-0.2, -0.15) is 0 Å². The number of nitrogens with zero attached hydrogens (tertiary/aromatic N) is 2. The molecule has 2 aromatic heterocycles. The second-order valence-electron chi connectivity index (χ2n) is 5.02. The largest absolute Gasteiger partial charge is 0.366 e. The first-order valence-corrected chi connectivity index (χ1v) is 7.56. The number of nitrogens with two attached hydrogens (primary N) is 1. The van der Waals surface area contributed by atoms with E-state index in [0.29, 0.717) is 0 Å². The van der Waals surface area contributed by atoms with E-state index in [9.17, 15) is 4.79 Å². The monoisotopic (exact) mass is 355 g/mol. The number of aryl methyl sites for hydroxylation is 1. The molecule has 0 saturated carbocycles. The molecule has 0 aliphatic rings. The summed E-state index contributed by atoms with van der Waals surface area (Å²) in [5, 5.41) is 0. The van der Waals surface area contributed by atoms with Crippen molar-refractivity contribution in [3.63, 3.8) is 0 Å². The number of primary amides is 1. The molecule has 0 aliphatic carbocycles. The molecule has 22 heavy (non-hydrogen) atoms. The van der Waals surface area contributed by atoms with Crippen LogP contribution in [0.3, 0.4) is 0 Å². The molecule has 0 bridgehead atoms. The fourth-order valence-corrected chi connectivity index (χ4v) is 2.62. The number of hydrogen-bond donors (Lipinski definition) is 1. The van der Waals surface area contributed by atoms with Gasteiger partial charge in [0, 0.05) is 22.3 Å². The van der Waals surface area contributed by atoms with Crippen molar-refractivity contribution in [2.75, 3.05) is 0 Å². The summed E-state index contributed by atoms with van der Waals surface area (Å²) in [6.07, 6.45) is 4.96. The zero-order valence-electron chi connectivity index (χ0n) is 12.0. The SMILES string of the molecule is Cc1ccc(-c2nc3ccc(Br)cn3c2/C=C\C(N)=O)cc1. The first-order chi connectivity index (χ1) is 10.5. The lowest BCUT2D eigenvalue weighted by molar-refractivity contribution is -0.113. The van der Waals surface area contributed by atoms with Gasteiger partial charge in [-0.1, -0.05) is 29.8 Å². The Morgan fingerprint density at radius 3 is 2.64 bits per heavy atom. The van der Waals surface area contributed by atoms with Crippen LogP contribution in [0.1, 0.15) is 11.3 Å². The van der Waals surface area contributed by atoms with Crippen LogP contribution < -0.4 is 5.73 Å². The number of rotatable bonds is 3.